The van der Waals surface area contributed by atoms with E-state index in [0.717, 1.165) is 29.6 Å². The van der Waals surface area contributed by atoms with Crippen LogP contribution in [0, 0.1) is 40.4 Å². The Hall–Kier alpha value is -0.520. The summed E-state index contributed by atoms with van der Waals surface area (Å²) >= 11 is 0. The Bertz CT molecular complexity index is 595. The zero-order chi connectivity index (χ0) is 23.2. The van der Waals surface area contributed by atoms with E-state index in [1.54, 1.807) is 5.57 Å². The van der Waals surface area contributed by atoms with Crippen LogP contribution in [0.15, 0.2) is 23.8 Å². The van der Waals surface area contributed by atoms with Crippen molar-refractivity contribution in [3.8, 4) is 0 Å². The summed E-state index contributed by atoms with van der Waals surface area (Å²) in [7, 11) is 0. The Balaban J connectivity index is 0.000000807. The third-order valence-corrected chi connectivity index (χ3v) is 9.78. The van der Waals surface area contributed by atoms with Crippen LogP contribution in [0.3, 0.4) is 0 Å². The maximum absolute atomic E-state index is 4.66. The van der Waals surface area contributed by atoms with E-state index in [4.69, 9.17) is 0 Å². The van der Waals surface area contributed by atoms with E-state index < -0.39 is 0 Å². The summed E-state index contributed by atoms with van der Waals surface area (Å²) in [6.45, 7) is 22.7. The van der Waals surface area contributed by atoms with Crippen LogP contribution < -0.4 is 0 Å². The lowest BCUT2D eigenvalue weighted by Gasteiger charge is -2.58. The van der Waals surface area contributed by atoms with Gasteiger partial charge in [0.2, 0.25) is 0 Å². The largest absolute Gasteiger partial charge is 0.0955 e. The molecule has 0 N–H and O–H groups in total. The molecule has 0 spiro atoms. The molecule has 180 valence electrons. The van der Waals surface area contributed by atoms with Crippen LogP contribution in [0.5, 0.6) is 0 Å². The van der Waals surface area contributed by atoms with Crippen LogP contribution in [-0.2, 0) is 0 Å². The lowest BCUT2D eigenvalue weighted by molar-refractivity contribution is -0.0246. The van der Waals surface area contributed by atoms with Crippen LogP contribution in [0.4, 0.5) is 0 Å². The highest BCUT2D eigenvalue weighted by atomic mass is 14.6. The smallest absolute Gasteiger partial charge is 0.00790 e. The maximum Gasteiger partial charge on any atom is -0.00790 e. The van der Waals surface area contributed by atoms with E-state index in [0.29, 0.717) is 10.8 Å². The quantitative estimate of drug-likeness (QED) is 0.382. The molecule has 0 amide bonds. The fourth-order valence-electron chi connectivity index (χ4n) is 8.13. The summed E-state index contributed by atoms with van der Waals surface area (Å²) in [4.78, 5) is 0. The molecule has 0 saturated heterocycles. The molecule has 4 aliphatic rings. The van der Waals surface area contributed by atoms with E-state index in [9.17, 15) is 0 Å². The average molecular weight is 429 g/mol. The Kier molecular flexibility index (Phi) is 9.97. The molecule has 0 bridgehead atoms. The molecule has 6 atom stereocenters. The fraction of sp³-hybridized carbons (Fsp3) is 0.871. The van der Waals surface area contributed by atoms with Crippen LogP contribution >= 0.6 is 0 Å². The molecule has 4 aliphatic carbocycles. The first-order valence-corrected chi connectivity index (χ1v) is 14.3. The van der Waals surface area contributed by atoms with Gasteiger partial charge < -0.3 is 0 Å². The van der Waals surface area contributed by atoms with Crippen molar-refractivity contribution in [3.05, 3.63) is 23.8 Å². The molecular weight excluding hydrogens is 372 g/mol. The molecule has 0 radical (unpaired) electrons. The minimum absolute atomic E-state index is 0.501. The number of hydrogen-bond acceptors (Lipinski definition) is 0. The monoisotopic (exact) mass is 428 g/mol. The van der Waals surface area contributed by atoms with Crippen LogP contribution in [0.2, 0.25) is 0 Å². The van der Waals surface area contributed by atoms with E-state index in [1.807, 2.05) is 27.7 Å². The van der Waals surface area contributed by atoms with Crippen molar-refractivity contribution < 1.29 is 0 Å². The van der Waals surface area contributed by atoms with Crippen molar-refractivity contribution in [3.63, 3.8) is 0 Å². The highest BCUT2D eigenvalue weighted by Crippen LogP contribution is 2.67. The van der Waals surface area contributed by atoms with Gasteiger partial charge in [0, 0.05) is 0 Å². The van der Waals surface area contributed by atoms with Gasteiger partial charge in [0.25, 0.3) is 0 Å². The van der Waals surface area contributed by atoms with Gasteiger partial charge in [0.05, 0.1) is 0 Å². The van der Waals surface area contributed by atoms with Crippen LogP contribution in [0.25, 0.3) is 0 Å². The maximum atomic E-state index is 4.66. The first kappa shape index (κ1) is 26.7. The Morgan fingerprint density at radius 2 is 1.65 bits per heavy atom. The molecule has 0 aromatic carbocycles. The lowest BCUT2D eigenvalue weighted by atomic mass is 9.46. The van der Waals surface area contributed by atoms with E-state index in [1.165, 1.54) is 82.6 Å². The highest BCUT2D eigenvalue weighted by molar-refractivity contribution is 5.37. The number of hydrogen-bond donors (Lipinski definition) is 0. The average Bonchev–Trinajstić information content (AvgIpc) is 3.10. The number of rotatable bonds is 5. The summed E-state index contributed by atoms with van der Waals surface area (Å²) in [5, 5.41) is 0. The highest BCUT2D eigenvalue weighted by Gasteiger charge is 2.58. The van der Waals surface area contributed by atoms with Crippen molar-refractivity contribution in [2.24, 2.45) is 40.4 Å². The van der Waals surface area contributed by atoms with Crippen molar-refractivity contribution >= 4 is 0 Å². The van der Waals surface area contributed by atoms with Gasteiger partial charge in [-0.3, -0.25) is 0 Å². The Labute approximate surface area is 196 Å². The second-order valence-corrected chi connectivity index (χ2v) is 11.6. The van der Waals surface area contributed by atoms with Crippen molar-refractivity contribution in [1.82, 2.24) is 0 Å². The molecule has 0 heterocycles. The van der Waals surface area contributed by atoms with Crippen LogP contribution in [-0.4, -0.2) is 0 Å². The third-order valence-electron chi connectivity index (χ3n) is 9.78. The Morgan fingerprint density at radius 3 is 2.32 bits per heavy atom. The summed E-state index contributed by atoms with van der Waals surface area (Å²) in [5.41, 5.74) is 4.39. The van der Waals surface area contributed by atoms with Gasteiger partial charge in [-0.05, 0) is 91.8 Å². The predicted molar refractivity (Wildman–Crippen MR) is 140 cm³/mol. The van der Waals surface area contributed by atoms with E-state index in [2.05, 4.69) is 40.3 Å². The zero-order valence-corrected chi connectivity index (χ0v) is 22.7. The van der Waals surface area contributed by atoms with E-state index in [-0.39, 0.29) is 0 Å². The van der Waals surface area contributed by atoms with Crippen molar-refractivity contribution in [2.75, 3.05) is 0 Å². The molecule has 0 nitrogen and oxygen atoms in total. The topological polar surface area (TPSA) is 0 Å². The molecule has 0 aliphatic heterocycles. The van der Waals surface area contributed by atoms with Gasteiger partial charge in [-0.25, -0.2) is 0 Å². The van der Waals surface area contributed by atoms with Gasteiger partial charge in [0.1, 0.15) is 0 Å². The van der Waals surface area contributed by atoms with Gasteiger partial charge >= 0.3 is 0 Å². The normalized spacial score (nSPS) is 38.6. The second kappa shape index (κ2) is 11.6. The molecular formula is C31H56. The summed E-state index contributed by atoms with van der Waals surface area (Å²) in [6.07, 6.45) is 20.0. The standard InChI is InChI=1S/C27H44.2C2H6/c1-19(2)10-6-7-11-21-13-14-23-25-20(3)18-22-12-8-9-16-26(22,4)24(25)15-17-27(21,23)5;2*1-2/h18-19,21,23-25H,3,6-17H2,1-2,4-5H3;2*1-2H3. The summed E-state index contributed by atoms with van der Waals surface area (Å²) in [5.74, 6) is 4.44. The zero-order valence-electron chi connectivity index (χ0n) is 22.7. The van der Waals surface area contributed by atoms with Gasteiger partial charge in [-0.1, -0.05) is 105 Å². The minimum Gasteiger partial charge on any atom is -0.0955 e. The summed E-state index contributed by atoms with van der Waals surface area (Å²) < 4.78 is 0. The molecule has 6 unspecified atom stereocenters. The molecule has 4 rings (SSSR count). The second-order valence-electron chi connectivity index (χ2n) is 11.6. The third kappa shape index (κ3) is 5.19. The molecule has 31 heavy (non-hydrogen) atoms. The molecule has 3 saturated carbocycles. The fourth-order valence-corrected chi connectivity index (χ4v) is 8.13. The number of unbranched alkanes of at least 4 members (excludes halogenated alkanes) is 1. The first-order valence-electron chi connectivity index (χ1n) is 14.3. The van der Waals surface area contributed by atoms with E-state index >= 15 is 0 Å². The predicted octanol–water partition coefficient (Wildman–Crippen LogP) is 10.4. The van der Waals surface area contributed by atoms with Gasteiger partial charge in [0.15, 0.2) is 0 Å². The number of fused-ring (bicyclic) bond motifs is 5. The first-order chi connectivity index (χ1) is 14.9. The minimum atomic E-state index is 0.501. The van der Waals surface area contributed by atoms with Crippen LogP contribution in [0.1, 0.15) is 132 Å². The van der Waals surface area contributed by atoms with Gasteiger partial charge in [-0.15, -0.1) is 0 Å². The Morgan fingerprint density at radius 1 is 0.935 bits per heavy atom. The lowest BCUT2D eigenvalue weighted by Crippen LogP contribution is -2.50. The van der Waals surface area contributed by atoms with Gasteiger partial charge in [-0.2, -0.15) is 0 Å². The summed E-state index contributed by atoms with van der Waals surface area (Å²) in [6, 6.07) is 0. The molecule has 0 aromatic rings. The molecule has 0 heteroatoms. The number of allylic oxidation sites excluding steroid dienone is 3. The van der Waals surface area contributed by atoms with Crippen molar-refractivity contribution in [1.29, 1.82) is 0 Å². The SMILES string of the molecule is C=C1C=C2CCCCC2(C)C2CCC3(C)C(CCCCC(C)C)CCC3C12.CC.CC. The van der Waals surface area contributed by atoms with Crippen molar-refractivity contribution in [2.45, 2.75) is 132 Å². The molecule has 0 aromatic heterocycles. The molecule has 3 fully saturated rings.